The summed E-state index contributed by atoms with van der Waals surface area (Å²) < 4.78 is 28.3. The topological polar surface area (TPSA) is 63.6 Å². The Balaban J connectivity index is 1.97. The van der Waals surface area contributed by atoms with Gasteiger partial charge in [0, 0.05) is 19.3 Å². The first-order valence-corrected chi connectivity index (χ1v) is 7.70. The van der Waals surface area contributed by atoms with Gasteiger partial charge in [0.15, 0.2) is 5.65 Å². The minimum atomic E-state index is -2.58. The van der Waals surface area contributed by atoms with E-state index in [-0.39, 0.29) is 24.4 Å². The zero-order valence-corrected chi connectivity index (χ0v) is 12.8. The normalized spacial score (nSPS) is 19.1. The molecule has 0 amide bonds. The van der Waals surface area contributed by atoms with E-state index in [0.29, 0.717) is 42.0 Å². The zero-order valence-electron chi connectivity index (χ0n) is 12.8. The van der Waals surface area contributed by atoms with Crippen molar-refractivity contribution >= 4 is 11.0 Å². The molecule has 2 heterocycles. The first kappa shape index (κ1) is 15.1. The minimum Gasteiger partial charge on any atom is -0.310 e. The van der Waals surface area contributed by atoms with E-state index in [9.17, 15) is 13.6 Å². The second kappa shape index (κ2) is 5.44. The second-order valence-corrected chi connectivity index (χ2v) is 6.52. The van der Waals surface area contributed by atoms with Gasteiger partial charge in [0.05, 0.1) is 12.2 Å². The summed E-state index contributed by atoms with van der Waals surface area (Å²) in [6.07, 6.45) is 2.59. The van der Waals surface area contributed by atoms with Crippen LogP contribution in [0.2, 0.25) is 0 Å². The van der Waals surface area contributed by atoms with E-state index in [1.807, 2.05) is 13.8 Å². The van der Waals surface area contributed by atoms with Gasteiger partial charge in [0.1, 0.15) is 11.2 Å². The molecule has 1 aliphatic rings. The largest absolute Gasteiger partial charge is 0.310 e. The molecule has 120 valence electrons. The Morgan fingerprint density at radius 2 is 2.09 bits per heavy atom. The molecule has 1 N–H and O–H groups in total. The molecule has 1 aliphatic carbocycles. The smallest absolute Gasteiger partial charge is 0.262 e. The van der Waals surface area contributed by atoms with Crippen molar-refractivity contribution in [3.8, 4) is 0 Å². The van der Waals surface area contributed by atoms with Gasteiger partial charge in [-0.05, 0) is 18.8 Å². The maximum Gasteiger partial charge on any atom is 0.262 e. The monoisotopic (exact) mass is 310 g/mol. The summed E-state index contributed by atoms with van der Waals surface area (Å²) >= 11 is 0. The van der Waals surface area contributed by atoms with E-state index in [0.717, 1.165) is 0 Å². The minimum absolute atomic E-state index is 0.113. The fourth-order valence-corrected chi connectivity index (χ4v) is 3.00. The summed E-state index contributed by atoms with van der Waals surface area (Å²) in [7, 11) is 0. The van der Waals surface area contributed by atoms with Gasteiger partial charge in [-0.25, -0.2) is 18.4 Å². The van der Waals surface area contributed by atoms with Crippen molar-refractivity contribution in [2.24, 2.45) is 5.92 Å². The van der Waals surface area contributed by atoms with Crippen LogP contribution in [0.25, 0.3) is 11.0 Å². The van der Waals surface area contributed by atoms with E-state index < -0.39 is 5.92 Å². The maximum absolute atomic E-state index is 13.3. The molecule has 0 aromatic carbocycles. The van der Waals surface area contributed by atoms with E-state index in [4.69, 9.17) is 0 Å². The molecule has 0 bridgehead atoms. The molecule has 0 unspecified atom stereocenters. The molecule has 0 spiro atoms. The van der Waals surface area contributed by atoms with Crippen LogP contribution in [0.1, 0.15) is 51.4 Å². The van der Waals surface area contributed by atoms with Crippen molar-refractivity contribution < 1.29 is 8.78 Å². The molecule has 5 nitrogen and oxygen atoms in total. The van der Waals surface area contributed by atoms with Gasteiger partial charge in [0.25, 0.3) is 5.56 Å². The highest BCUT2D eigenvalue weighted by Crippen LogP contribution is 2.38. The van der Waals surface area contributed by atoms with Crippen molar-refractivity contribution in [1.82, 2.24) is 19.7 Å². The Kier molecular flexibility index (Phi) is 3.74. The molecule has 2 aromatic heterocycles. The van der Waals surface area contributed by atoms with E-state index in [1.54, 1.807) is 4.68 Å². The summed E-state index contributed by atoms with van der Waals surface area (Å²) in [5.41, 5.74) is 0.294. The summed E-state index contributed by atoms with van der Waals surface area (Å²) in [5.74, 6) is -1.59. The van der Waals surface area contributed by atoms with Gasteiger partial charge in [-0.15, -0.1) is 0 Å². The Morgan fingerprint density at radius 1 is 1.41 bits per heavy atom. The van der Waals surface area contributed by atoms with Crippen LogP contribution in [0.15, 0.2) is 11.0 Å². The number of rotatable bonds is 3. The zero-order chi connectivity index (χ0) is 15.9. The predicted octanol–water partition coefficient (Wildman–Crippen LogP) is 3.07. The first-order chi connectivity index (χ1) is 10.4. The van der Waals surface area contributed by atoms with Crippen LogP contribution in [-0.4, -0.2) is 25.7 Å². The first-order valence-electron chi connectivity index (χ1n) is 7.70. The number of aromatic nitrogens is 4. The summed E-state index contributed by atoms with van der Waals surface area (Å²) in [6.45, 7) is 4.09. The van der Waals surface area contributed by atoms with Gasteiger partial charge >= 0.3 is 0 Å². The third-order valence-electron chi connectivity index (χ3n) is 4.15. The fraction of sp³-hybridized carbons (Fsp3) is 0.667. The lowest BCUT2D eigenvalue weighted by atomic mass is 9.92. The van der Waals surface area contributed by atoms with E-state index in [2.05, 4.69) is 15.1 Å². The van der Waals surface area contributed by atoms with Crippen molar-refractivity contribution in [2.75, 3.05) is 0 Å². The third kappa shape index (κ3) is 2.89. The lowest BCUT2D eigenvalue weighted by Crippen LogP contribution is -2.27. The number of halogens is 2. The number of nitrogens with zero attached hydrogens (tertiary/aromatic N) is 3. The molecule has 2 aromatic rings. The lowest BCUT2D eigenvalue weighted by Gasteiger charge is -2.28. The standard InChI is InChI=1S/C15H20F2N4O/c1-9(2)7-12-19-13-11(14(22)20-12)8-18-21(13)10-3-5-15(16,17)6-4-10/h8-10H,3-7H2,1-2H3,(H,19,20,22). The van der Waals surface area contributed by atoms with Gasteiger partial charge in [0.2, 0.25) is 5.92 Å². The number of fused-ring (bicyclic) bond motifs is 1. The van der Waals surface area contributed by atoms with Crippen LogP contribution in [0.3, 0.4) is 0 Å². The van der Waals surface area contributed by atoms with Crippen LogP contribution in [-0.2, 0) is 6.42 Å². The Labute approximate surface area is 126 Å². The molecule has 0 atom stereocenters. The Bertz CT molecular complexity index is 725. The van der Waals surface area contributed by atoms with Crippen LogP contribution < -0.4 is 5.56 Å². The highest BCUT2D eigenvalue weighted by Gasteiger charge is 2.36. The number of aromatic amines is 1. The van der Waals surface area contributed by atoms with Crippen molar-refractivity contribution in [2.45, 2.75) is 57.9 Å². The molecule has 22 heavy (non-hydrogen) atoms. The van der Waals surface area contributed by atoms with Crippen molar-refractivity contribution in [3.05, 3.63) is 22.4 Å². The van der Waals surface area contributed by atoms with Gasteiger partial charge in [-0.2, -0.15) is 5.10 Å². The number of H-pyrrole nitrogens is 1. The Hall–Kier alpha value is -1.79. The van der Waals surface area contributed by atoms with Crippen molar-refractivity contribution in [3.63, 3.8) is 0 Å². The second-order valence-electron chi connectivity index (χ2n) is 6.52. The fourth-order valence-electron chi connectivity index (χ4n) is 3.00. The molecular weight excluding hydrogens is 290 g/mol. The molecule has 0 saturated heterocycles. The van der Waals surface area contributed by atoms with Crippen LogP contribution in [0, 0.1) is 5.92 Å². The molecule has 0 radical (unpaired) electrons. The molecular formula is C15H20F2N4O. The number of hydrogen-bond acceptors (Lipinski definition) is 3. The van der Waals surface area contributed by atoms with Crippen LogP contribution in [0.4, 0.5) is 8.78 Å². The highest BCUT2D eigenvalue weighted by atomic mass is 19.3. The van der Waals surface area contributed by atoms with E-state index in [1.165, 1.54) is 6.20 Å². The lowest BCUT2D eigenvalue weighted by molar-refractivity contribution is -0.0446. The average Bonchev–Trinajstić information content (AvgIpc) is 2.82. The van der Waals surface area contributed by atoms with Crippen LogP contribution >= 0.6 is 0 Å². The number of hydrogen-bond donors (Lipinski definition) is 1. The van der Waals surface area contributed by atoms with E-state index >= 15 is 0 Å². The predicted molar refractivity (Wildman–Crippen MR) is 79.1 cm³/mol. The number of nitrogens with one attached hydrogen (secondary N) is 1. The molecule has 1 saturated carbocycles. The number of alkyl halides is 2. The molecule has 7 heteroatoms. The van der Waals surface area contributed by atoms with Gasteiger partial charge in [-0.3, -0.25) is 4.79 Å². The SMILES string of the molecule is CC(C)Cc1nc2c(cnn2C2CCC(F)(F)CC2)c(=O)[nH]1. The summed E-state index contributed by atoms with van der Waals surface area (Å²) in [6, 6.07) is -0.113. The maximum atomic E-state index is 13.3. The molecule has 3 rings (SSSR count). The quantitative estimate of drug-likeness (QED) is 0.947. The Morgan fingerprint density at radius 3 is 2.73 bits per heavy atom. The average molecular weight is 310 g/mol. The molecule has 0 aliphatic heterocycles. The van der Waals surface area contributed by atoms with Gasteiger partial charge < -0.3 is 4.98 Å². The summed E-state index contributed by atoms with van der Waals surface area (Å²) in [4.78, 5) is 19.4. The molecule has 1 fully saturated rings. The van der Waals surface area contributed by atoms with Gasteiger partial charge in [-0.1, -0.05) is 13.8 Å². The highest BCUT2D eigenvalue weighted by molar-refractivity contribution is 5.73. The summed E-state index contributed by atoms with van der Waals surface area (Å²) in [5, 5.41) is 4.66. The van der Waals surface area contributed by atoms with Crippen molar-refractivity contribution in [1.29, 1.82) is 0 Å². The van der Waals surface area contributed by atoms with Crippen LogP contribution in [0.5, 0.6) is 0 Å². The third-order valence-corrected chi connectivity index (χ3v) is 4.15.